The number of hydrogen-bond donors (Lipinski definition) is 3. The molecule has 1 heterocycles. The van der Waals surface area contributed by atoms with E-state index in [2.05, 4.69) is 27.4 Å². The van der Waals surface area contributed by atoms with Crippen molar-refractivity contribution in [2.75, 3.05) is 11.9 Å². The number of carbonyl (C=O) groups is 1. The van der Waals surface area contributed by atoms with Gasteiger partial charge in [-0.25, -0.2) is 0 Å². The Labute approximate surface area is 176 Å². The van der Waals surface area contributed by atoms with Gasteiger partial charge in [0.1, 0.15) is 0 Å². The third kappa shape index (κ3) is 5.13. The number of halogens is 2. The number of aliphatic hydroxyl groups excluding tert-OH is 2. The second-order valence-corrected chi connectivity index (χ2v) is 6.82. The van der Waals surface area contributed by atoms with E-state index in [0.717, 1.165) is 5.56 Å². The maximum Gasteiger partial charge on any atom is 0.300 e. The summed E-state index contributed by atoms with van der Waals surface area (Å²) in [6, 6.07) is 9.96. The van der Waals surface area contributed by atoms with Crippen LogP contribution in [0.15, 0.2) is 40.8 Å². The highest BCUT2D eigenvalue weighted by Gasteiger charge is 2.16. The zero-order valence-electron chi connectivity index (χ0n) is 15.1. The minimum atomic E-state index is -1.25. The highest BCUT2D eigenvalue weighted by molar-refractivity contribution is 6.32. The van der Waals surface area contributed by atoms with Crippen LogP contribution in [-0.2, 0) is 4.79 Å². The number of amides is 1. The largest absolute Gasteiger partial charge is 0.418 e. The predicted molar refractivity (Wildman–Crippen MR) is 108 cm³/mol. The molecule has 0 bridgehead atoms. The summed E-state index contributed by atoms with van der Waals surface area (Å²) >= 11 is 12.3. The lowest BCUT2D eigenvalue weighted by Crippen LogP contribution is -2.08. The van der Waals surface area contributed by atoms with Gasteiger partial charge in [0.2, 0.25) is 11.8 Å². The molecule has 7 nitrogen and oxygen atoms in total. The fourth-order valence-electron chi connectivity index (χ4n) is 2.27. The lowest BCUT2D eigenvalue weighted by molar-refractivity contribution is -0.111. The minimum Gasteiger partial charge on any atom is -0.418 e. The van der Waals surface area contributed by atoms with Gasteiger partial charge in [0.15, 0.2) is 6.10 Å². The summed E-state index contributed by atoms with van der Waals surface area (Å²) in [5.74, 6) is 4.69. The van der Waals surface area contributed by atoms with Crippen LogP contribution in [-0.4, -0.2) is 32.9 Å². The summed E-state index contributed by atoms with van der Waals surface area (Å²) < 4.78 is 5.30. The number of anilines is 1. The predicted octanol–water partition coefficient (Wildman–Crippen LogP) is 3.37. The van der Waals surface area contributed by atoms with Crippen molar-refractivity contribution in [1.29, 1.82) is 0 Å². The van der Waals surface area contributed by atoms with E-state index in [-0.39, 0.29) is 16.8 Å². The molecule has 0 fully saturated rings. The normalized spacial score (nSPS) is 11.5. The summed E-state index contributed by atoms with van der Waals surface area (Å²) in [6.45, 7) is 1.33. The monoisotopic (exact) mass is 431 g/mol. The molecule has 0 unspecified atom stereocenters. The Balaban J connectivity index is 1.73. The molecule has 0 aliphatic heterocycles. The molecule has 0 aliphatic rings. The summed E-state index contributed by atoms with van der Waals surface area (Å²) in [5.41, 5.74) is 2.38. The molecule has 2 aromatic carbocycles. The molecular formula is C20H15Cl2N3O4. The van der Waals surface area contributed by atoms with Crippen LogP contribution in [0.5, 0.6) is 0 Å². The van der Waals surface area contributed by atoms with E-state index in [4.69, 9.17) is 32.7 Å². The Hall–Kier alpha value is -2.89. The second-order valence-electron chi connectivity index (χ2n) is 6.01. The van der Waals surface area contributed by atoms with Crippen molar-refractivity contribution in [3.05, 3.63) is 63.5 Å². The standard InChI is InChI=1S/C20H15Cl2N3O4/c1-11-2-6-14(9-15(11)21)23-18(28)7-5-12-3-4-13(8-16(12)22)19-24-25-20(29-19)17(27)10-26/h2-4,6,8-9,17,26-27H,10H2,1H3,(H,23,28)/t17-/m1/s1. The van der Waals surface area contributed by atoms with Crippen molar-refractivity contribution >= 4 is 34.8 Å². The van der Waals surface area contributed by atoms with Gasteiger partial charge in [0, 0.05) is 27.8 Å². The Morgan fingerprint density at radius 2 is 2.00 bits per heavy atom. The molecule has 0 spiro atoms. The number of aromatic nitrogens is 2. The van der Waals surface area contributed by atoms with Crippen molar-refractivity contribution in [1.82, 2.24) is 10.2 Å². The minimum absolute atomic E-state index is 0.102. The van der Waals surface area contributed by atoms with Gasteiger partial charge in [0.25, 0.3) is 0 Å². The SMILES string of the molecule is Cc1ccc(NC(=O)C#Cc2ccc(-c3nnc([C@H](O)CO)o3)cc2Cl)cc1Cl. The lowest BCUT2D eigenvalue weighted by Gasteiger charge is -2.03. The summed E-state index contributed by atoms with van der Waals surface area (Å²) in [5, 5.41) is 29.4. The van der Waals surface area contributed by atoms with Crippen LogP contribution >= 0.6 is 23.2 Å². The van der Waals surface area contributed by atoms with Gasteiger partial charge in [-0.2, -0.15) is 0 Å². The van der Waals surface area contributed by atoms with Crippen LogP contribution in [0.25, 0.3) is 11.5 Å². The molecule has 0 aliphatic carbocycles. The first-order chi connectivity index (χ1) is 13.9. The molecule has 0 saturated heterocycles. The second kappa shape index (κ2) is 9.07. The number of nitrogens with one attached hydrogen (secondary N) is 1. The topological polar surface area (TPSA) is 108 Å². The highest BCUT2D eigenvalue weighted by atomic mass is 35.5. The van der Waals surface area contributed by atoms with Crippen molar-refractivity contribution < 1.29 is 19.4 Å². The first-order valence-corrected chi connectivity index (χ1v) is 9.14. The van der Waals surface area contributed by atoms with E-state index in [0.29, 0.717) is 21.8 Å². The van der Waals surface area contributed by atoms with Gasteiger partial charge >= 0.3 is 5.91 Å². The number of hydrogen-bond acceptors (Lipinski definition) is 6. The lowest BCUT2D eigenvalue weighted by atomic mass is 10.1. The Bertz CT molecular complexity index is 1120. The van der Waals surface area contributed by atoms with Gasteiger partial charge in [-0.15, -0.1) is 10.2 Å². The van der Waals surface area contributed by atoms with E-state index in [9.17, 15) is 9.90 Å². The van der Waals surface area contributed by atoms with Crippen molar-refractivity contribution in [3.63, 3.8) is 0 Å². The van der Waals surface area contributed by atoms with Gasteiger partial charge in [-0.1, -0.05) is 35.2 Å². The van der Waals surface area contributed by atoms with E-state index < -0.39 is 18.6 Å². The smallest absolute Gasteiger partial charge is 0.300 e. The van der Waals surface area contributed by atoms with E-state index in [1.54, 1.807) is 36.4 Å². The molecule has 1 amide bonds. The van der Waals surface area contributed by atoms with Crippen LogP contribution in [0, 0.1) is 18.8 Å². The molecule has 3 aromatic rings. The molecule has 0 radical (unpaired) electrons. The number of nitrogens with zero attached hydrogens (tertiary/aromatic N) is 2. The molecule has 29 heavy (non-hydrogen) atoms. The third-order valence-corrected chi connectivity index (χ3v) is 4.57. The van der Waals surface area contributed by atoms with Gasteiger partial charge < -0.3 is 19.9 Å². The Morgan fingerprint density at radius 3 is 2.69 bits per heavy atom. The fraction of sp³-hybridized carbons (Fsp3) is 0.150. The number of benzene rings is 2. The number of aliphatic hydroxyl groups is 2. The number of rotatable bonds is 4. The molecule has 3 rings (SSSR count). The van der Waals surface area contributed by atoms with E-state index in [1.165, 1.54) is 0 Å². The highest BCUT2D eigenvalue weighted by Crippen LogP contribution is 2.26. The maximum absolute atomic E-state index is 12.0. The summed E-state index contributed by atoms with van der Waals surface area (Å²) in [7, 11) is 0. The zero-order valence-corrected chi connectivity index (χ0v) is 16.6. The molecular weight excluding hydrogens is 417 g/mol. The van der Waals surface area contributed by atoms with Crippen LogP contribution < -0.4 is 5.32 Å². The van der Waals surface area contributed by atoms with Gasteiger partial charge in [0.05, 0.1) is 11.6 Å². The van der Waals surface area contributed by atoms with Crippen molar-refractivity contribution in [2.24, 2.45) is 0 Å². The van der Waals surface area contributed by atoms with E-state index >= 15 is 0 Å². The van der Waals surface area contributed by atoms with E-state index in [1.807, 2.05) is 6.92 Å². The average molecular weight is 432 g/mol. The van der Waals surface area contributed by atoms with Crippen LogP contribution in [0.2, 0.25) is 10.0 Å². The summed E-state index contributed by atoms with van der Waals surface area (Å²) in [6.07, 6.45) is -1.25. The molecule has 1 aromatic heterocycles. The Kier molecular flexibility index (Phi) is 6.52. The number of carbonyl (C=O) groups excluding carboxylic acids is 1. The number of aryl methyl sites for hydroxylation is 1. The molecule has 3 N–H and O–H groups in total. The first-order valence-electron chi connectivity index (χ1n) is 8.38. The molecule has 0 saturated carbocycles. The van der Waals surface area contributed by atoms with Crippen molar-refractivity contribution in [2.45, 2.75) is 13.0 Å². The van der Waals surface area contributed by atoms with Crippen molar-refractivity contribution in [3.8, 4) is 23.3 Å². The van der Waals surface area contributed by atoms with Crippen LogP contribution in [0.1, 0.15) is 23.1 Å². The third-order valence-electron chi connectivity index (χ3n) is 3.86. The summed E-state index contributed by atoms with van der Waals surface area (Å²) in [4.78, 5) is 12.0. The fourth-order valence-corrected chi connectivity index (χ4v) is 2.68. The van der Waals surface area contributed by atoms with Gasteiger partial charge in [-0.05, 0) is 42.8 Å². The zero-order chi connectivity index (χ0) is 21.0. The molecule has 148 valence electrons. The maximum atomic E-state index is 12.0. The van der Waals surface area contributed by atoms with Crippen LogP contribution in [0.4, 0.5) is 5.69 Å². The molecule has 1 atom stereocenters. The average Bonchev–Trinajstić information content (AvgIpc) is 3.19. The molecule has 9 heteroatoms. The van der Waals surface area contributed by atoms with Crippen LogP contribution in [0.3, 0.4) is 0 Å². The van der Waals surface area contributed by atoms with Gasteiger partial charge in [-0.3, -0.25) is 4.79 Å². The quantitative estimate of drug-likeness (QED) is 0.546. The Morgan fingerprint density at radius 1 is 1.21 bits per heavy atom. The first kappa shape index (κ1) is 20.8.